The normalized spacial score (nSPS) is 16.2. The number of anilines is 2. The fraction of sp³-hybridized carbons (Fsp3) is 0.333. The molecule has 23 heavy (non-hydrogen) atoms. The minimum Gasteiger partial charge on any atom is -0.338 e. The molecule has 0 saturated carbocycles. The second-order valence-corrected chi connectivity index (χ2v) is 6.09. The predicted molar refractivity (Wildman–Crippen MR) is 89.3 cm³/mol. The first-order valence-corrected chi connectivity index (χ1v) is 7.79. The number of halogens is 2. The van der Waals surface area contributed by atoms with Crippen LogP contribution in [0.5, 0.6) is 0 Å². The van der Waals surface area contributed by atoms with Crippen LogP contribution in [0.1, 0.15) is 13.8 Å². The van der Waals surface area contributed by atoms with Gasteiger partial charge in [0.15, 0.2) is 0 Å². The zero-order valence-electron chi connectivity index (χ0n) is 13.4. The molecule has 1 heterocycles. The van der Waals surface area contributed by atoms with E-state index in [1.807, 2.05) is 21.9 Å². The average molecular weight is 317 g/mol. The van der Waals surface area contributed by atoms with Crippen LogP contribution in [-0.4, -0.2) is 30.9 Å². The van der Waals surface area contributed by atoms with Gasteiger partial charge in [0.2, 0.25) is 0 Å². The Morgan fingerprint density at radius 2 is 1.17 bits per heavy atom. The Bertz CT molecular complexity index is 621. The van der Waals surface area contributed by atoms with E-state index in [4.69, 9.17) is 0 Å². The van der Waals surface area contributed by atoms with Crippen molar-refractivity contribution in [1.82, 2.24) is 4.90 Å². The fourth-order valence-electron chi connectivity index (χ4n) is 2.83. The second kappa shape index (κ2) is 6.54. The lowest BCUT2D eigenvalue weighted by atomic mass is 10.2. The number of benzene rings is 2. The first-order valence-electron chi connectivity index (χ1n) is 7.79. The molecular formula is C18H21F2N3. The first kappa shape index (κ1) is 15.7. The lowest BCUT2D eigenvalue weighted by molar-refractivity contribution is 0.194. The van der Waals surface area contributed by atoms with Gasteiger partial charge >= 0.3 is 0 Å². The number of hydrogen-bond donors (Lipinski definition) is 0. The van der Waals surface area contributed by atoms with E-state index in [1.165, 1.54) is 12.1 Å². The molecule has 0 aromatic heterocycles. The van der Waals surface area contributed by atoms with Crippen LogP contribution in [0.15, 0.2) is 48.5 Å². The number of nitrogens with zero attached hydrogens (tertiary/aromatic N) is 3. The van der Waals surface area contributed by atoms with E-state index in [1.54, 1.807) is 24.3 Å². The Hall–Kier alpha value is -2.14. The Morgan fingerprint density at radius 3 is 1.57 bits per heavy atom. The Morgan fingerprint density at radius 1 is 0.739 bits per heavy atom. The van der Waals surface area contributed by atoms with Gasteiger partial charge in [-0.05, 0) is 38.1 Å². The van der Waals surface area contributed by atoms with Crippen LogP contribution in [0.25, 0.3) is 0 Å². The summed E-state index contributed by atoms with van der Waals surface area (Å²) in [6, 6.07) is 13.7. The van der Waals surface area contributed by atoms with Gasteiger partial charge in [-0.25, -0.2) is 8.78 Å². The molecule has 1 fully saturated rings. The molecule has 0 radical (unpaired) electrons. The van der Waals surface area contributed by atoms with Gasteiger partial charge in [-0.3, -0.25) is 4.90 Å². The van der Waals surface area contributed by atoms with Crippen molar-refractivity contribution < 1.29 is 8.78 Å². The smallest absolute Gasteiger partial charge is 0.146 e. The minimum absolute atomic E-state index is 0.258. The molecule has 2 aromatic rings. The minimum atomic E-state index is -0.258. The molecule has 3 rings (SSSR count). The van der Waals surface area contributed by atoms with E-state index < -0.39 is 0 Å². The second-order valence-electron chi connectivity index (χ2n) is 6.09. The molecule has 0 spiro atoms. The molecular weight excluding hydrogens is 296 g/mol. The third-order valence-corrected chi connectivity index (χ3v) is 4.16. The number of hydrogen-bond acceptors (Lipinski definition) is 3. The maximum absolute atomic E-state index is 14.2. The maximum Gasteiger partial charge on any atom is 0.146 e. The molecule has 122 valence electrons. The van der Waals surface area contributed by atoms with Crippen molar-refractivity contribution in [3.63, 3.8) is 0 Å². The Kier molecular flexibility index (Phi) is 4.48. The molecule has 2 aromatic carbocycles. The maximum atomic E-state index is 14.2. The highest BCUT2D eigenvalue weighted by Crippen LogP contribution is 2.27. The summed E-state index contributed by atoms with van der Waals surface area (Å²) < 4.78 is 28.3. The van der Waals surface area contributed by atoms with E-state index in [0.717, 1.165) is 0 Å². The van der Waals surface area contributed by atoms with Gasteiger partial charge in [0.25, 0.3) is 0 Å². The molecule has 1 saturated heterocycles. The molecule has 0 bridgehead atoms. The molecule has 0 amide bonds. The highest BCUT2D eigenvalue weighted by molar-refractivity contribution is 5.53. The van der Waals surface area contributed by atoms with Crippen LogP contribution in [0.4, 0.5) is 20.2 Å². The Balaban J connectivity index is 1.93. The lowest BCUT2D eigenvalue weighted by Gasteiger charge is -2.46. The van der Waals surface area contributed by atoms with Crippen LogP contribution >= 0.6 is 0 Å². The summed E-state index contributed by atoms with van der Waals surface area (Å²) >= 11 is 0. The third kappa shape index (κ3) is 3.29. The van der Waals surface area contributed by atoms with Gasteiger partial charge in [0.05, 0.1) is 31.4 Å². The summed E-state index contributed by atoms with van der Waals surface area (Å²) in [5.74, 6) is -0.516. The summed E-state index contributed by atoms with van der Waals surface area (Å²) in [5.41, 5.74) is 1.08. The molecule has 1 aliphatic rings. The predicted octanol–water partition coefficient (Wildman–Crippen LogP) is 3.87. The van der Waals surface area contributed by atoms with Crippen LogP contribution in [0, 0.1) is 11.6 Å². The van der Waals surface area contributed by atoms with Crippen molar-refractivity contribution in [1.29, 1.82) is 0 Å². The van der Waals surface area contributed by atoms with E-state index in [9.17, 15) is 8.78 Å². The van der Waals surface area contributed by atoms with Gasteiger partial charge in [0, 0.05) is 6.04 Å². The largest absolute Gasteiger partial charge is 0.338 e. The van der Waals surface area contributed by atoms with E-state index in [0.29, 0.717) is 31.4 Å². The third-order valence-electron chi connectivity index (χ3n) is 4.16. The van der Waals surface area contributed by atoms with Gasteiger partial charge in [-0.15, -0.1) is 0 Å². The summed E-state index contributed by atoms with van der Waals surface area (Å²) in [5, 5.41) is 0. The molecule has 0 unspecified atom stereocenters. The zero-order chi connectivity index (χ0) is 16.4. The average Bonchev–Trinajstić information content (AvgIpc) is 2.55. The van der Waals surface area contributed by atoms with Crippen LogP contribution in [-0.2, 0) is 0 Å². The van der Waals surface area contributed by atoms with Gasteiger partial charge < -0.3 is 9.80 Å². The molecule has 5 heteroatoms. The van der Waals surface area contributed by atoms with E-state index >= 15 is 0 Å². The first-order chi connectivity index (χ1) is 11.1. The summed E-state index contributed by atoms with van der Waals surface area (Å²) in [4.78, 5) is 6.05. The number of para-hydroxylation sites is 2. The molecule has 0 N–H and O–H groups in total. The SMILES string of the molecule is CC(C)N1CN(c2ccccc2F)CN(c2ccccc2F)C1. The lowest BCUT2D eigenvalue weighted by Crippen LogP contribution is -2.57. The van der Waals surface area contributed by atoms with Crippen molar-refractivity contribution in [2.45, 2.75) is 19.9 Å². The molecule has 3 nitrogen and oxygen atoms in total. The van der Waals surface area contributed by atoms with Crippen LogP contribution < -0.4 is 9.80 Å². The molecule has 0 aliphatic carbocycles. The van der Waals surface area contributed by atoms with Crippen molar-refractivity contribution in [2.24, 2.45) is 0 Å². The van der Waals surface area contributed by atoms with Crippen LogP contribution in [0.2, 0.25) is 0 Å². The van der Waals surface area contributed by atoms with Gasteiger partial charge in [-0.2, -0.15) is 0 Å². The van der Waals surface area contributed by atoms with Crippen molar-refractivity contribution in [3.05, 3.63) is 60.2 Å². The van der Waals surface area contributed by atoms with Crippen LogP contribution in [0.3, 0.4) is 0 Å². The monoisotopic (exact) mass is 317 g/mol. The highest BCUT2D eigenvalue weighted by Gasteiger charge is 2.27. The van der Waals surface area contributed by atoms with Gasteiger partial charge in [-0.1, -0.05) is 24.3 Å². The zero-order valence-corrected chi connectivity index (χ0v) is 13.4. The summed E-state index contributed by atoms with van der Waals surface area (Å²) in [7, 11) is 0. The Labute approximate surface area is 135 Å². The molecule has 0 atom stereocenters. The van der Waals surface area contributed by atoms with E-state index in [2.05, 4.69) is 18.7 Å². The summed E-state index contributed by atoms with van der Waals surface area (Å²) in [6.45, 7) is 5.85. The van der Waals surface area contributed by atoms with Gasteiger partial charge in [0.1, 0.15) is 11.6 Å². The van der Waals surface area contributed by atoms with Crippen molar-refractivity contribution >= 4 is 11.4 Å². The highest BCUT2D eigenvalue weighted by atomic mass is 19.1. The fourth-order valence-corrected chi connectivity index (χ4v) is 2.83. The quantitative estimate of drug-likeness (QED) is 0.851. The molecule has 1 aliphatic heterocycles. The number of rotatable bonds is 3. The standard InChI is InChI=1S/C18H21F2N3/c1-14(2)21-11-22(17-9-5-3-7-15(17)19)13-23(12-21)18-10-6-4-8-16(18)20/h3-10,14H,11-13H2,1-2H3. The van der Waals surface area contributed by atoms with Crippen molar-refractivity contribution in [3.8, 4) is 0 Å². The van der Waals surface area contributed by atoms with E-state index in [-0.39, 0.29) is 17.7 Å². The summed E-state index contributed by atoms with van der Waals surface area (Å²) in [6.07, 6.45) is 0. The van der Waals surface area contributed by atoms with Crippen molar-refractivity contribution in [2.75, 3.05) is 29.8 Å². The topological polar surface area (TPSA) is 9.72 Å².